The van der Waals surface area contributed by atoms with Crippen LogP contribution in [0.1, 0.15) is 44.2 Å². The van der Waals surface area contributed by atoms with Gasteiger partial charge in [-0.05, 0) is 73.7 Å². The van der Waals surface area contributed by atoms with Crippen molar-refractivity contribution in [1.82, 2.24) is 0 Å². The third kappa shape index (κ3) is 3.16. The molecule has 1 aliphatic rings. The number of aliphatic imine (C=N–C) groups is 1. The zero-order chi connectivity index (χ0) is 17.3. The number of anilines is 1. The van der Waals surface area contributed by atoms with Gasteiger partial charge < -0.3 is 9.64 Å². The van der Waals surface area contributed by atoms with E-state index in [1.54, 1.807) is 7.11 Å². The van der Waals surface area contributed by atoms with E-state index in [9.17, 15) is 0 Å². The van der Waals surface area contributed by atoms with Crippen LogP contribution in [0.15, 0.2) is 47.5 Å². The van der Waals surface area contributed by atoms with Crippen molar-refractivity contribution in [3.8, 4) is 5.75 Å². The minimum atomic E-state index is 0.200. The molecule has 0 spiro atoms. The van der Waals surface area contributed by atoms with Gasteiger partial charge in [-0.3, -0.25) is 4.99 Å². The molecule has 0 aliphatic carbocycles. The highest BCUT2D eigenvalue weighted by atomic mass is 16.5. The first kappa shape index (κ1) is 16.6. The summed E-state index contributed by atoms with van der Waals surface area (Å²) in [7, 11) is 3.86. The molecule has 0 saturated carbocycles. The van der Waals surface area contributed by atoms with Gasteiger partial charge in [0.2, 0.25) is 0 Å². The van der Waals surface area contributed by atoms with Crippen LogP contribution in [0.4, 0.5) is 11.4 Å². The average Bonchev–Trinajstić information content (AvgIpc) is 2.58. The van der Waals surface area contributed by atoms with Crippen LogP contribution < -0.4 is 9.64 Å². The Hall–Kier alpha value is -2.29. The van der Waals surface area contributed by atoms with Gasteiger partial charge in [0, 0.05) is 24.5 Å². The molecule has 1 heterocycles. The summed E-state index contributed by atoms with van der Waals surface area (Å²) in [6.07, 6.45) is 3.10. The molecule has 3 rings (SSSR count). The van der Waals surface area contributed by atoms with Crippen molar-refractivity contribution in [2.75, 3.05) is 19.1 Å². The Balaban J connectivity index is 1.86. The standard InChI is InChI=1S/C21H26N2O/c1-15-13-21(2,3)23(4)20-11-6-16(12-19(15)20)14-22-17-7-9-18(24-5)10-8-17/h6-12,14-15H,13H2,1-5H3/t15-/m0/s1. The van der Waals surface area contributed by atoms with Crippen LogP contribution in [0.3, 0.4) is 0 Å². The number of nitrogens with zero attached hydrogens (tertiary/aromatic N) is 2. The molecule has 0 unspecified atom stereocenters. The maximum atomic E-state index is 5.18. The number of rotatable bonds is 3. The number of hydrogen-bond acceptors (Lipinski definition) is 3. The van der Waals surface area contributed by atoms with Crippen LogP contribution >= 0.6 is 0 Å². The van der Waals surface area contributed by atoms with Crippen molar-refractivity contribution in [3.05, 3.63) is 53.6 Å². The summed E-state index contributed by atoms with van der Waals surface area (Å²) in [6.45, 7) is 6.94. The zero-order valence-electron chi connectivity index (χ0n) is 15.2. The van der Waals surface area contributed by atoms with E-state index in [0.29, 0.717) is 5.92 Å². The number of benzene rings is 2. The van der Waals surface area contributed by atoms with Crippen LogP contribution in [-0.2, 0) is 0 Å². The lowest BCUT2D eigenvalue weighted by Crippen LogP contribution is -2.45. The molecule has 0 bridgehead atoms. The summed E-state index contributed by atoms with van der Waals surface area (Å²) in [6, 6.07) is 14.4. The van der Waals surface area contributed by atoms with Crippen molar-refractivity contribution in [2.24, 2.45) is 4.99 Å². The molecular weight excluding hydrogens is 296 g/mol. The molecule has 0 amide bonds. The summed E-state index contributed by atoms with van der Waals surface area (Å²) >= 11 is 0. The molecule has 0 aromatic heterocycles. The minimum Gasteiger partial charge on any atom is -0.497 e. The van der Waals surface area contributed by atoms with E-state index in [1.165, 1.54) is 11.3 Å². The van der Waals surface area contributed by atoms with Crippen molar-refractivity contribution >= 4 is 17.6 Å². The average molecular weight is 322 g/mol. The molecule has 3 nitrogen and oxygen atoms in total. The molecule has 0 saturated heterocycles. The third-order valence-corrected chi connectivity index (χ3v) is 5.09. The number of methoxy groups -OCH3 is 1. The van der Waals surface area contributed by atoms with Crippen molar-refractivity contribution in [2.45, 2.75) is 38.6 Å². The maximum Gasteiger partial charge on any atom is 0.119 e. The van der Waals surface area contributed by atoms with E-state index in [2.05, 4.69) is 55.9 Å². The van der Waals surface area contributed by atoms with E-state index < -0.39 is 0 Å². The molecule has 0 fully saturated rings. The van der Waals surface area contributed by atoms with Gasteiger partial charge in [0.25, 0.3) is 0 Å². The number of fused-ring (bicyclic) bond motifs is 1. The SMILES string of the molecule is COc1ccc(N=Cc2ccc3c(c2)[C@@H](C)CC(C)(C)N3C)cc1. The highest BCUT2D eigenvalue weighted by Gasteiger charge is 2.33. The lowest BCUT2D eigenvalue weighted by atomic mass is 9.80. The van der Waals surface area contributed by atoms with Crippen molar-refractivity contribution in [3.63, 3.8) is 0 Å². The fourth-order valence-electron chi connectivity index (χ4n) is 3.49. The Bertz CT molecular complexity index is 747. The van der Waals surface area contributed by atoms with Crippen molar-refractivity contribution < 1.29 is 4.74 Å². The number of hydrogen-bond donors (Lipinski definition) is 0. The first-order valence-corrected chi connectivity index (χ1v) is 8.46. The fourth-order valence-corrected chi connectivity index (χ4v) is 3.49. The van der Waals surface area contributed by atoms with Crippen LogP contribution in [0, 0.1) is 0 Å². The molecule has 1 aliphatic heterocycles. The van der Waals surface area contributed by atoms with E-state index >= 15 is 0 Å². The van der Waals surface area contributed by atoms with Crippen LogP contribution in [0.2, 0.25) is 0 Å². The molecule has 2 aromatic carbocycles. The van der Waals surface area contributed by atoms with E-state index in [1.807, 2.05) is 30.5 Å². The highest BCUT2D eigenvalue weighted by Crippen LogP contribution is 2.42. The van der Waals surface area contributed by atoms with Crippen LogP contribution in [0.5, 0.6) is 5.75 Å². The Morgan fingerprint density at radius 2 is 1.88 bits per heavy atom. The molecule has 3 heteroatoms. The van der Waals surface area contributed by atoms with E-state index in [0.717, 1.165) is 23.4 Å². The second-order valence-corrected chi connectivity index (χ2v) is 7.25. The predicted octanol–water partition coefficient (Wildman–Crippen LogP) is 5.17. The lowest BCUT2D eigenvalue weighted by Gasteiger charge is -2.45. The number of ether oxygens (including phenoxy) is 1. The second-order valence-electron chi connectivity index (χ2n) is 7.25. The predicted molar refractivity (Wildman–Crippen MR) is 102 cm³/mol. The topological polar surface area (TPSA) is 24.8 Å². The molecular formula is C21H26N2O. The van der Waals surface area contributed by atoms with Crippen molar-refractivity contribution in [1.29, 1.82) is 0 Å². The summed E-state index contributed by atoms with van der Waals surface area (Å²) < 4.78 is 5.18. The Labute approximate surface area is 145 Å². The molecule has 2 aromatic rings. The molecule has 24 heavy (non-hydrogen) atoms. The summed E-state index contributed by atoms with van der Waals surface area (Å²) in [5.74, 6) is 1.41. The first-order chi connectivity index (χ1) is 11.4. The van der Waals surface area contributed by atoms with Gasteiger partial charge in [-0.2, -0.15) is 0 Å². The van der Waals surface area contributed by atoms with E-state index in [4.69, 9.17) is 4.74 Å². The Kier molecular flexibility index (Phi) is 4.35. The molecule has 0 radical (unpaired) electrons. The van der Waals surface area contributed by atoms with Gasteiger partial charge in [-0.1, -0.05) is 13.0 Å². The third-order valence-electron chi connectivity index (χ3n) is 5.09. The Morgan fingerprint density at radius 3 is 2.54 bits per heavy atom. The lowest BCUT2D eigenvalue weighted by molar-refractivity contribution is 0.395. The van der Waals surface area contributed by atoms with Gasteiger partial charge >= 0.3 is 0 Å². The van der Waals surface area contributed by atoms with Crippen LogP contribution in [-0.4, -0.2) is 25.9 Å². The first-order valence-electron chi connectivity index (χ1n) is 8.46. The van der Waals surface area contributed by atoms with E-state index in [-0.39, 0.29) is 5.54 Å². The largest absolute Gasteiger partial charge is 0.497 e. The van der Waals surface area contributed by atoms with Gasteiger partial charge in [-0.15, -0.1) is 0 Å². The second kappa shape index (κ2) is 6.31. The molecule has 0 N–H and O–H groups in total. The van der Waals surface area contributed by atoms with Gasteiger partial charge in [-0.25, -0.2) is 0 Å². The maximum absolute atomic E-state index is 5.18. The normalized spacial score (nSPS) is 19.4. The fraction of sp³-hybridized carbons (Fsp3) is 0.381. The summed E-state index contributed by atoms with van der Waals surface area (Å²) in [4.78, 5) is 6.97. The van der Waals surface area contributed by atoms with Gasteiger partial charge in [0.1, 0.15) is 5.75 Å². The quantitative estimate of drug-likeness (QED) is 0.728. The van der Waals surface area contributed by atoms with Gasteiger partial charge in [0.05, 0.1) is 12.8 Å². The van der Waals surface area contributed by atoms with Gasteiger partial charge in [0.15, 0.2) is 0 Å². The highest BCUT2D eigenvalue weighted by molar-refractivity contribution is 5.83. The molecule has 1 atom stereocenters. The minimum absolute atomic E-state index is 0.200. The van der Waals surface area contributed by atoms with Crippen LogP contribution in [0.25, 0.3) is 0 Å². The summed E-state index contributed by atoms with van der Waals surface area (Å²) in [5.41, 5.74) is 5.02. The smallest absolute Gasteiger partial charge is 0.119 e. The Morgan fingerprint density at radius 1 is 1.17 bits per heavy atom. The summed E-state index contributed by atoms with van der Waals surface area (Å²) in [5, 5.41) is 0. The zero-order valence-corrected chi connectivity index (χ0v) is 15.2. The molecule has 126 valence electrons. The monoisotopic (exact) mass is 322 g/mol.